The van der Waals surface area contributed by atoms with Crippen LogP contribution >= 0.6 is 0 Å². The molecule has 7 rings (SSSR count). The number of ether oxygens (including phenoxy) is 4. The molecule has 0 bridgehead atoms. The first-order valence-electron chi connectivity index (χ1n) is 18.3. The molecule has 0 aromatic heterocycles. The van der Waals surface area contributed by atoms with E-state index in [4.69, 9.17) is 18.9 Å². The van der Waals surface area contributed by atoms with E-state index in [0.29, 0.717) is 24.5 Å². The van der Waals surface area contributed by atoms with Crippen molar-refractivity contribution in [1.82, 2.24) is 0 Å². The Morgan fingerprint density at radius 3 is 2.28 bits per heavy atom. The summed E-state index contributed by atoms with van der Waals surface area (Å²) in [6, 6.07) is 5.39. The van der Waals surface area contributed by atoms with Crippen LogP contribution in [-0.2, 0) is 19.0 Å². The van der Waals surface area contributed by atoms with Crippen LogP contribution in [0.1, 0.15) is 107 Å². The van der Waals surface area contributed by atoms with E-state index in [-0.39, 0.29) is 57.0 Å². The highest BCUT2D eigenvalue weighted by Crippen LogP contribution is 2.89. The van der Waals surface area contributed by atoms with E-state index >= 15 is 0 Å². The number of hydrogen-bond donors (Lipinski definition) is 2. The van der Waals surface area contributed by atoms with E-state index in [0.717, 1.165) is 44.9 Å². The zero-order valence-corrected chi connectivity index (χ0v) is 30.6. The SMILES string of the molecule is CC(=O)O[C@@H]([C]1C[C@@H](C)C2[C](O1)[C@H](O)[C@@]1(C)[C@@H]3CC[C@H]4C(C)(C)C(OC(=O)Oc5ccc([N+](=O)[O-])cc5)CC[C@@]45CC35CC[C@]21C)C(C)(C)O. The van der Waals surface area contributed by atoms with Crippen LogP contribution in [-0.4, -0.2) is 51.2 Å². The Balaban J connectivity index is 1.10. The van der Waals surface area contributed by atoms with Crippen molar-refractivity contribution in [1.29, 1.82) is 0 Å². The lowest BCUT2D eigenvalue weighted by molar-refractivity contribution is -0.384. The Morgan fingerprint density at radius 2 is 1.66 bits per heavy atom. The number of benzene rings is 1. The Morgan fingerprint density at radius 1 is 1.02 bits per heavy atom. The van der Waals surface area contributed by atoms with Gasteiger partial charge in [0, 0.05) is 35.8 Å². The minimum atomic E-state index is -1.35. The van der Waals surface area contributed by atoms with Crippen molar-refractivity contribution >= 4 is 17.8 Å². The van der Waals surface area contributed by atoms with E-state index in [2.05, 4.69) is 34.6 Å². The third kappa shape index (κ3) is 4.84. The van der Waals surface area contributed by atoms with Crippen LogP contribution in [0.4, 0.5) is 10.5 Å². The molecule has 50 heavy (non-hydrogen) atoms. The first-order valence-corrected chi connectivity index (χ1v) is 18.3. The van der Waals surface area contributed by atoms with Crippen LogP contribution in [0.25, 0.3) is 0 Å². The Bertz CT molecular complexity index is 1550. The molecule has 1 saturated heterocycles. The second-order valence-electron chi connectivity index (χ2n) is 18.1. The number of nitro groups is 1. The number of aliphatic hydroxyl groups is 2. The Kier molecular flexibility index (Phi) is 8.10. The van der Waals surface area contributed by atoms with Crippen molar-refractivity contribution in [2.24, 2.45) is 50.7 Å². The molecule has 6 fully saturated rings. The lowest BCUT2D eigenvalue weighted by Gasteiger charge is -2.63. The summed E-state index contributed by atoms with van der Waals surface area (Å²) in [6.07, 6.45) is 5.61. The van der Waals surface area contributed by atoms with Gasteiger partial charge in [0.2, 0.25) is 0 Å². The standard InChI is InChI=1S/C39H53NO10/c1-21-19-25(32(35(5,6)44)47-22(2)41)49-30-29(21)36(7)17-18-39-20-38(39)16-15-28(50-33(43)48-24-11-9-23(10-12-24)40(45)46)34(3,4)26(38)13-14-27(39)37(36,8)31(30)42/h9-12,21,26-29,31-32,42,44H,13-20H2,1-8H3/t21-,26+,27+,28?,29?,31+,32+,36-,37-,38-,39?/m1/s1. The number of fused-ring (bicyclic) bond motifs is 4. The first-order chi connectivity index (χ1) is 23.2. The summed E-state index contributed by atoms with van der Waals surface area (Å²) in [6.45, 7) is 15.8. The number of carbonyl (C=O) groups is 2. The van der Waals surface area contributed by atoms with Crippen molar-refractivity contribution in [3.05, 3.63) is 46.6 Å². The molecule has 1 aromatic carbocycles. The van der Waals surface area contributed by atoms with Gasteiger partial charge in [-0.2, -0.15) is 0 Å². The maximum atomic E-state index is 13.0. The molecule has 1 aliphatic heterocycles. The lowest BCUT2D eigenvalue weighted by Crippen LogP contribution is -2.60. The summed E-state index contributed by atoms with van der Waals surface area (Å²) >= 11 is 0. The maximum Gasteiger partial charge on any atom is 0.514 e. The van der Waals surface area contributed by atoms with Gasteiger partial charge in [0.05, 0.1) is 16.6 Å². The van der Waals surface area contributed by atoms with Crippen molar-refractivity contribution in [2.75, 3.05) is 0 Å². The molecule has 5 saturated carbocycles. The van der Waals surface area contributed by atoms with Crippen molar-refractivity contribution in [3.8, 4) is 5.75 Å². The third-order valence-electron chi connectivity index (χ3n) is 15.1. The van der Waals surface area contributed by atoms with Crippen molar-refractivity contribution < 1.29 is 43.7 Å². The van der Waals surface area contributed by atoms with Gasteiger partial charge in [0.25, 0.3) is 5.69 Å². The molecule has 6 aliphatic rings. The molecule has 0 amide bonds. The number of rotatable bonds is 6. The Labute approximate surface area is 294 Å². The molecule has 2 spiro atoms. The second kappa shape index (κ2) is 11.4. The molecular weight excluding hydrogens is 642 g/mol. The highest BCUT2D eigenvalue weighted by atomic mass is 16.7. The van der Waals surface area contributed by atoms with Crippen LogP contribution in [0.5, 0.6) is 5.75 Å². The highest BCUT2D eigenvalue weighted by molar-refractivity contribution is 5.66. The molecular formula is C39H53NO10. The summed E-state index contributed by atoms with van der Waals surface area (Å²) in [5.74, 6) is 0.505. The Hall–Kier alpha value is -2.76. The van der Waals surface area contributed by atoms with Crippen molar-refractivity contribution in [2.45, 2.75) is 131 Å². The predicted octanol–water partition coefficient (Wildman–Crippen LogP) is 7.32. The van der Waals surface area contributed by atoms with E-state index in [9.17, 15) is 29.9 Å². The second-order valence-corrected chi connectivity index (χ2v) is 18.1. The van der Waals surface area contributed by atoms with Crippen LogP contribution in [0.15, 0.2) is 24.3 Å². The van der Waals surface area contributed by atoms with Gasteiger partial charge in [-0.25, -0.2) is 4.79 Å². The molecule has 11 heteroatoms. The van der Waals surface area contributed by atoms with Crippen LogP contribution in [0.3, 0.4) is 0 Å². The summed E-state index contributed by atoms with van der Waals surface area (Å²) in [5, 5.41) is 34.4. The predicted molar refractivity (Wildman–Crippen MR) is 181 cm³/mol. The highest BCUT2D eigenvalue weighted by Gasteiger charge is 2.85. The fourth-order valence-electron chi connectivity index (χ4n) is 12.9. The molecule has 3 unspecified atom stereocenters. The maximum absolute atomic E-state index is 13.0. The number of carbonyl (C=O) groups excluding carboxylic acids is 2. The lowest BCUT2D eigenvalue weighted by atomic mass is 9.41. The average molecular weight is 696 g/mol. The molecule has 11 atom stereocenters. The summed E-state index contributed by atoms with van der Waals surface area (Å²) < 4.78 is 23.7. The minimum Gasteiger partial charge on any atom is -0.456 e. The van der Waals surface area contributed by atoms with Crippen LogP contribution < -0.4 is 4.74 Å². The molecule has 2 radical (unpaired) electrons. The van der Waals surface area contributed by atoms with Gasteiger partial charge in [0.15, 0.2) is 6.10 Å². The fraction of sp³-hybridized carbons (Fsp3) is 0.744. The van der Waals surface area contributed by atoms with E-state index in [1.807, 2.05) is 0 Å². The molecule has 2 N–H and O–H groups in total. The third-order valence-corrected chi connectivity index (χ3v) is 15.1. The molecule has 274 valence electrons. The first kappa shape index (κ1) is 35.6. The van der Waals surface area contributed by atoms with Gasteiger partial charge in [-0.3, -0.25) is 14.9 Å². The normalized spacial score (nSPS) is 42.4. The van der Waals surface area contributed by atoms with Crippen molar-refractivity contribution in [3.63, 3.8) is 0 Å². The summed E-state index contributed by atoms with van der Waals surface area (Å²) in [7, 11) is 0. The summed E-state index contributed by atoms with van der Waals surface area (Å²) in [5.41, 5.74) is -2.16. The molecule has 5 aliphatic carbocycles. The van der Waals surface area contributed by atoms with Gasteiger partial charge in [0.1, 0.15) is 24.1 Å². The molecule has 1 aromatic rings. The zero-order valence-electron chi connectivity index (χ0n) is 30.6. The van der Waals surface area contributed by atoms with Gasteiger partial charge in [-0.05, 0) is 111 Å². The number of esters is 1. The van der Waals surface area contributed by atoms with Gasteiger partial charge >= 0.3 is 12.1 Å². The van der Waals surface area contributed by atoms with E-state index in [1.165, 1.54) is 31.2 Å². The monoisotopic (exact) mass is 695 g/mol. The number of non-ortho nitro benzene ring substituents is 1. The number of hydrogen-bond acceptors (Lipinski definition) is 10. The molecule has 1 heterocycles. The number of nitro benzene ring substituents is 1. The topological polar surface area (TPSA) is 155 Å². The number of aliphatic hydroxyl groups excluding tert-OH is 1. The number of nitrogens with zero attached hydrogens (tertiary/aromatic N) is 1. The van der Waals surface area contributed by atoms with Crippen LogP contribution in [0, 0.1) is 73.1 Å². The average Bonchev–Trinajstić information content (AvgIpc) is 3.65. The zero-order chi connectivity index (χ0) is 36.4. The van der Waals surface area contributed by atoms with Gasteiger partial charge in [-0.15, -0.1) is 0 Å². The largest absolute Gasteiger partial charge is 0.514 e. The molecule has 11 nitrogen and oxygen atoms in total. The van der Waals surface area contributed by atoms with E-state index < -0.39 is 40.3 Å². The van der Waals surface area contributed by atoms with Gasteiger partial charge < -0.3 is 29.2 Å². The quantitative estimate of drug-likeness (QED) is 0.134. The summed E-state index contributed by atoms with van der Waals surface area (Å²) in [4.78, 5) is 35.5. The minimum absolute atomic E-state index is 0.0400. The van der Waals surface area contributed by atoms with Crippen LogP contribution in [0.2, 0.25) is 0 Å². The fourth-order valence-corrected chi connectivity index (χ4v) is 12.9. The van der Waals surface area contributed by atoms with E-state index in [1.54, 1.807) is 13.8 Å². The van der Waals surface area contributed by atoms with Gasteiger partial charge in [-0.1, -0.05) is 34.6 Å². The smallest absolute Gasteiger partial charge is 0.456 e.